The number of amides is 1. The molecule has 1 aliphatic carbocycles. The summed E-state index contributed by atoms with van der Waals surface area (Å²) >= 11 is 5.91. The van der Waals surface area contributed by atoms with E-state index in [4.69, 9.17) is 16.3 Å². The van der Waals surface area contributed by atoms with Gasteiger partial charge in [-0.15, -0.1) is 0 Å². The second-order valence-electron chi connectivity index (χ2n) is 4.88. The first-order chi connectivity index (χ1) is 9.58. The zero-order chi connectivity index (χ0) is 14.5. The van der Waals surface area contributed by atoms with Gasteiger partial charge >= 0.3 is 0 Å². The lowest BCUT2D eigenvalue weighted by Crippen LogP contribution is -2.51. The predicted octanol–water partition coefficient (Wildman–Crippen LogP) is 1.11. The molecule has 0 radical (unpaired) electrons. The van der Waals surface area contributed by atoms with E-state index in [-0.39, 0.29) is 12.5 Å². The fraction of sp³-hybridized carbons (Fsp3) is 0.500. The summed E-state index contributed by atoms with van der Waals surface area (Å²) in [6.07, 6.45) is 0.278. The lowest BCUT2D eigenvalue weighted by Gasteiger charge is -2.32. The normalized spacial score (nSPS) is 26.1. The first-order valence-corrected chi connectivity index (χ1v) is 6.98. The number of hydrogen-bond acceptors (Lipinski definition) is 4. The summed E-state index contributed by atoms with van der Waals surface area (Å²) < 4.78 is 5.31. The summed E-state index contributed by atoms with van der Waals surface area (Å²) in [6, 6.07) is 6.46. The van der Waals surface area contributed by atoms with Crippen molar-refractivity contribution in [2.24, 2.45) is 0 Å². The predicted molar refractivity (Wildman–Crippen MR) is 74.7 cm³/mol. The van der Waals surface area contributed by atoms with Gasteiger partial charge in [0.1, 0.15) is 5.75 Å². The number of halogens is 1. The average molecular weight is 300 g/mol. The Morgan fingerprint density at radius 1 is 1.35 bits per heavy atom. The Labute approximate surface area is 122 Å². The summed E-state index contributed by atoms with van der Waals surface area (Å²) in [7, 11) is 0. The third-order valence-corrected chi connectivity index (χ3v) is 3.68. The number of ether oxygens (including phenoxy) is 1. The zero-order valence-electron chi connectivity index (χ0n) is 11.0. The summed E-state index contributed by atoms with van der Waals surface area (Å²) in [5, 5.41) is 22.5. The Hall–Kier alpha value is -1.30. The quantitative estimate of drug-likeness (QED) is 0.778. The number of hydrogen-bond donors (Lipinski definition) is 3. The van der Waals surface area contributed by atoms with Crippen molar-refractivity contribution in [2.45, 2.75) is 37.5 Å². The van der Waals surface area contributed by atoms with Crippen molar-refractivity contribution in [3.05, 3.63) is 29.3 Å². The number of carbonyl (C=O) groups is 1. The maximum atomic E-state index is 11.8. The summed E-state index contributed by atoms with van der Waals surface area (Å²) in [6.45, 7) is -0.178. The standard InChI is InChI=1S/C14H18ClNO4/c15-9-4-1-2-7-12(9)20-8-13(18)16-10-5-3-6-11(17)14(10)19/h1-2,4,7,10-11,14,17,19H,3,5-6,8H2,(H,16,18)/t10-,11-,14-/m1/s1. The average Bonchev–Trinajstić information content (AvgIpc) is 2.43. The van der Waals surface area contributed by atoms with E-state index in [1.165, 1.54) is 0 Å². The van der Waals surface area contributed by atoms with Gasteiger partial charge in [-0.3, -0.25) is 4.79 Å². The molecule has 6 heteroatoms. The van der Waals surface area contributed by atoms with Crippen molar-refractivity contribution >= 4 is 17.5 Å². The van der Waals surface area contributed by atoms with Gasteiger partial charge in [-0.2, -0.15) is 0 Å². The van der Waals surface area contributed by atoms with Gasteiger partial charge in [-0.05, 0) is 31.4 Å². The van der Waals surface area contributed by atoms with Gasteiger partial charge in [0, 0.05) is 0 Å². The molecule has 0 heterocycles. The Morgan fingerprint density at radius 2 is 2.10 bits per heavy atom. The molecule has 1 fully saturated rings. The molecule has 1 aromatic rings. The van der Waals surface area contributed by atoms with Gasteiger partial charge in [0.05, 0.1) is 23.3 Å². The van der Waals surface area contributed by atoms with Crippen molar-refractivity contribution in [1.82, 2.24) is 5.32 Å². The molecule has 20 heavy (non-hydrogen) atoms. The monoisotopic (exact) mass is 299 g/mol. The molecule has 1 saturated carbocycles. The third-order valence-electron chi connectivity index (χ3n) is 3.36. The largest absolute Gasteiger partial charge is 0.482 e. The molecule has 0 aliphatic heterocycles. The number of benzene rings is 1. The third kappa shape index (κ3) is 3.85. The number of rotatable bonds is 4. The van der Waals surface area contributed by atoms with Crippen LogP contribution in [-0.4, -0.2) is 41.0 Å². The Kier molecular flexibility index (Phi) is 5.23. The summed E-state index contributed by atoms with van der Waals surface area (Å²) in [5.74, 6) is 0.0941. The van der Waals surface area contributed by atoms with Crippen LogP contribution in [0.3, 0.4) is 0 Å². The number of carbonyl (C=O) groups excluding carboxylic acids is 1. The molecule has 0 spiro atoms. The molecule has 0 unspecified atom stereocenters. The van der Waals surface area contributed by atoms with Crippen molar-refractivity contribution < 1.29 is 19.7 Å². The number of aliphatic hydroxyl groups is 2. The van der Waals surface area contributed by atoms with Gasteiger partial charge in [0.2, 0.25) is 0 Å². The highest BCUT2D eigenvalue weighted by atomic mass is 35.5. The van der Waals surface area contributed by atoms with Gasteiger partial charge in [-0.25, -0.2) is 0 Å². The van der Waals surface area contributed by atoms with Gasteiger partial charge < -0.3 is 20.3 Å². The maximum Gasteiger partial charge on any atom is 0.258 e. The van der Waals surface area contributed by atoms with E-state index in [1.54, 1.807) is 24.3 Å². The van der Waals surface area contributed by atoms with Crippen molar-refractivity contribution in [2.75, 3.05) is 6.61 Å². The molecule has 1 amide bonds. The Morgan fingerprint density at radius 3 is 2.85 bits per heavy atom. The molecule has 1 aromatic carbocycles. The molecule has 110 valence electrons. The molecule has 0 saturated heterocycles. The van der Waals surface area contributed by atoms with Crippen LogP contribution in [0.1, 0.15) is 19.3 Å². The van der Waals surface area contributed by atoms with Crippen LogP contribution in [0.4, 0.5) is 0 Å². The fourth-order valence-corrected chi connectivity index (χ4v) is 2.46. The zero-order valence-corrected chi connectivity index (χ0v) is 11.7. The van der Waals surface area contributed by atoms with Gasteiger partial charge in [-0.1, -0.05) is 23.7 Å². The molecular formula is C14H18ClNO4. The van der Waals surface area contributed by atoms with E-state index in [0.29, 0.717) is 23.6 Å². The van der Waals surface area contributed by atoms with Gasteiger partial charge in [0.25, 0.3) is 5.91 Å². The lowest BCUT2D eigenvalue weighted by atomic mass is 9.90. The van der Waals surface area contributed by atoms with E-state index < -0.39 is 18.2 Å². The minimum absolute atomic E-state index is 0.178. The van der Waals surface area contributed by atoms with E-state index in [0.717, 1.165) is 6.42 Å². The minimum Gasteiger partial charge on any atom is -0.482 e. The van der Waals surface area contributed by atoms with E-state index in [1.807, 2.05) is 0 Å². The van der Waals surface area contributed by atoms with Crippen LogP contribution in [0.15, 0.2) is 24.3 Å². The molecule has 2 rings (SSSR count). The fourth-order valence-electron chi connectivity index (χ4n) is 2.27. The van der Waals surface area contributed by atoms with Crippen LogP contribution in [0.5, 0.6) is 5.75 Å². The highest BCUT2D eigenvalue weighted by Crippen LogP contribution is 2.23. The number of aliphatic hydroxyl groups excluding tert-OH is 2. The van der Waals surface area contributed by atoms with Crippen molar-refractivity contribution in [3.63, 3.8) is 0 Å². The van der Waals surface area contributed by atoms with Crippen LogP contribution >= 0.6 is 11.6 Å². The molecule has 5 nitrogen and oxygen atoms in total. The number of para-hydroxylation sites is 1. The summed E-state index contributed by atoms with van der Waals surface area (Å²) in [4.78, 5) is 11.8. The van der Waals surface area contributed by atoms with Crippen LogP contribution in [0, 0.1) is 0 Å². The van der Waals surface area contributed by atoms with E-state index >= 15 is 0 Å². The second-order valence-corrected chi connectivity index (χ2v) is 5.29. The molecule has 0 aromatic heterocycles. The Balaban J connectivity index is 1.82. The van der Waals surface area contributed by atoms with Crippen molar-refractivity contribution in [3.8, 4) is 5.75 Å². The Bertz CT molecular complexity index is 468. The lowest BCUT2D eigenvalue weighted by molar-refractivity contribution is -0.126. The SMILES string of the molecule is O=C(COc1ccccc1Cl)N[C@@H]1CCC[C@@H](O)[C@@H]1O. The first-order valence-electron chi connectivity index (χ1n) is 6.61. The maximum absolute atomic E-state index is 11.8. The van der Waals surface area contributed by atoms with E-state index in [2.05, 4.69) is 5.32 Å². The van der Waals surface area contributed by atoms with Crippen LogP contribution in [0.25, 0.3) is 0 Å². The van der Waals surface area contributed by atoms with Crippen LogP contribution in [-0.2, 0) is 4.79 Å². The summed E-state index contributed by atoms with van der Waals surface area (Å²) in [5.41, 5.74) is 0. The number of nitrogens with one attached hydrogen (secondary N) is 1. The highest BCUT2D eigenvalue weighted by Gasteiger charge is 2.31. The molecule has 3 atom stereocenters. The van der Waals surface area contributed by atoms with Crippen molar-refractivity contribution in [1.29, 1.82) is 0 Å². The minimum atomic E-state index is -0.923. The smallest absolute Gasteiger partial charge is 0.258 e. The van der Waals surface area contributed by atoms with Crippen LogP contribution in [0.2, 0.25) is 5.02 Å². The molecule has 3 N–H and O–H groups in total. The van der Waals surface area contributed by atoms with E-state index in [9.17, 15) is 15.0 Å². The van der Waals surface area contributed by atoms with Gasteiger partial charge in [0.15, 0.2) is 6.61 Å². The topological polar surface area (TPSA) is 78.8 Å². The first kappa shape index (κ1) is 15.1. The second kappa shape index (κ2) is 6.92. The molecule has 1 aliphatic rings. The molecular weight excluding hydrogens is 282 g/mol. The highest BCUT2D eigenvalue weighted by molar-refractivity contribution is 6.32. The van der Waals surface area contributed by atoms with Crippen LogP contribution < -0.4 is 10.1 Å². The molecule has 0 bridgehead atoms.